The van der Waals surface area contributed by atoms with Crippen molar-refractivity contribution >= 4 is 50.5 Å². The van der Waals surface area contributed by atoms with Crippen molar-refractivity contribution in [3.63, 3.8) is 0 Å². The molecule has 2 aromatic rings. The molecular formula is C18H19BrN4O4S. The number of thiophene rings is 1. The Morgan fingerprint density at radius 1 is 1.29 bits per heavy atom. The van der Waals surface area contributed by atoms with Crippen LogP contribution >= 0.6 is 27.3 Å². The molecule has 1 aliphatic rings. The first-order chi connectivity index (χ1) is 13.4. The molecular weight excluding hydrogens is 448 g/mol. The molecule has 2 heterocycles. The summed E-state index contributed by atoms with van der Waals surface area (Å²) < 4.78 is 0.463. The van der Waals surface area contributed by atoms with Crippen molar-refractivity contribution in [1.29, 1.82) is 0 Å². The van der Waals surface area contributed by atoms with Crippen LogP contribution in [0.5, 0.6) is 0 Å². The third kappa shape index (κ3) is 5.37. The van der Waals surface area contributed by atoms with Gasteiger partial charge in [0.25, 0.3) is 11.6 Å². The lowest BCUT2D eigenvalue weighted by Gasteiger charge is -2.31. The van der Waals surface area contributed by atoms with Crippen LogP contribution in [0.2, 0.25) is 0 Å². The number of hydrogen-bond donors (Lipinski definition) is 2. The van der Waals surface area contributed by atoms with Gasteiger partial charge in [-0.1, -0.05) is 0 Å². The molecule has 0 spiro atoms. The van der Waals surface area contributed by atoms with E-state index in [9.17, 15) is 19.7 Å². The van der Waals surface area contributed by atoms with Gasteiger partial charge in [0.15, 0.2) is 0 Å². The quantitative estimate of drug-likeness (QED) is 0.502. The van der Waals surface area contributed by atoms with Gasteiger partial charge in [-0.3, -0.25) is 24.6 Å². The summed E-state index contributed by atoms with van der Waals surface area (Å²) in [4.78, 5) is 36.7. The molecule has 0 aliphatic carbocycles. The van der Waals surface area contributed by atoms with Crippen LogP contribution in [0.1, 0.15) is 23.2 Å². The lowest BCUT2D eigenvalue weighted by Crippen LogP contribution is -2.46. The largest absolute Gasteiger partial charge is 0.349 e. The van der Waals surface area contributed by atoms with E-state index in [1.807, 2.05) is 15.7 Å². The van der Waals surface area contributed by atoms with Gasteiger partial charge in [0.2, 0.25) is 5.91 Å². The standard InChI is InChI=1S/C18H19BrN4O4S/c19-15-9-14(23(26)27)1-2-16(15)21-17(24)10-22-6-3-13(4-7-22)20-18(25)12-5-8-28-11-12/h1-2,5,8-9,11,13H,3-4,6-7,10H2,(H,20,25)(H,21,24). The number of hydrogen-bond acceptors (Lipinski definition) is 6. The predicted molar refractivity (Wildman–Crippen MR) is 111 cm³/mol. The molecule has 0 bridgehead atoms. The fraction of sp³-hybridized carbons (Fsp3) is 0.333. The number of anilines is 1. The molecule has 2 amide bonds. The highest BCUT2D eigenvalue weighted by molar-refractivity contribution is 9.10. The number of carbonyl (C=O) groups is 2. The first kappa shape index (κ1) is 20.4. The number of nitro groups is 1. The minimum atomic E-state index is -0.488. The smallest absolute Gasteiger partial charge is 0.270 e. The molecule has 0 atom stereocenters. The molecule has 0 saturated carbocycles. The van der Waals surface area contributed by atoms with E-state index in [-0.39, 0.29) is 30.1 Å². The number of nitro benzene ring substituents is 1. The topological polar surface area (TPSA) is 105 Å². The normalized spacial score (nSPS) is 15.2. The second kappa shape index (κ2) is 9.26. The van der Waals surface area contributed by atoms with Crippen molar-refractivity contribution in [2.24, 2.45) is 0 Å². The Bertz CT molecular complexity index is 866. The highest BCUT2D eigenvalue weighted by Crippen LogP contribution is 2.27. The van der Waals surface area contributed by atoms with E-state index in [1.165, 1.54) is 29.5 Å². The number of halogens is 1. The number of benzene rings is 1. The average Bonchev–Trinajstić information content (AvgIpc) is 3.20. The summed E-state index contributed by atoms with van der Waals surface area (Å²) in [5.74, 6) is -0.240. The predicted octanol–water partition coefficient (Wildman–Crippen LogP) is 3.25. The van der Waals surface area contributed by atoms with Gasteiger partial charge >= 0.3 is 0 Å². The van der Waals surface area contributed by atoms with Gasteiger partial charge < -0.3 is 10.6 Å². The minimum Gasteiger partial charge on any atom is -0.349 e. The fourth-order valence-corrected chi connectivity index (χ4v) is 4.11. The van der Waals surface area contributed by atoms with Crippen molar-refractivity contribution in [1.82, 2.24) is 10.2 Å². The Morgan fingerprint density at radius 3 is 2.64 bits per heavy atom. The van der Waals surface area contributed by atoms with Crippen LogP contribution in [0.3, 0.4) is 0 Å². The molecule has 28 heavy (non-hydrogen) atoms. The van der Waals surface area contributed by atoms with E-state index in [4.69, 9.17) is 0 Å². The lowest BCUT2D eigenvalue weighted by atomic mass is 10.0. The Balaban J connectivity index is 1.45. The Hall–Kier alpha value is -2.30. The summed E-state index contributed by atoms with van der Waals surface area (Å²) >= 11 is 4.73. The second-order valence-electron chi connectivity index (χ2n) is 6.51. The molecule has 10 heteroatoms. The first-order valence-electron chi connectivity index (χ1n) is 8.71. The van der Waals surface area contributed by atoms with Gasteiger partial charge in [-0.15, -0.1) is 0 Å². The molecule has 1 fully saturated rings. The number of nitrogens with zero attached hydrogens (tertiary/aromatic N) is 2. The molecule has 8 nitrogen and oxygen atoms in total. The van der Waals surface area contributed by atoms with E-state index >= 15 is 0 Å². The first-order valence-corrected chi connectivity index (χ1v) is 10.4. The monoisotopic (exact) mass is 466 g/mol. The van der Waals surface area contributed by atoms with Crippen LogP contribution in [0.25, 0.3) is 0 Å². The summed E-state index contributed by atoms with van der Waals surface area (Å²) in [7, 11) is 0. The van der Waals surface area contributed by atoms with Crippen molar-refractivity contribution < 1.29 is 14.5 Å². The maximum absolute atomic E-state index is 12.3. The number of rotatable bonds is 6. The molecule has 2 N–H and O–H groups in total. The van der Waals surface area contributed by atoms with Crippen LogP contribution in [-0.2, 0) is 4.79 Å². The average molecular weight is 467 g/mol. The van der Waals surface area contributed by atoms with Crippen LogP contribution in [0.4, 0.5) is 11.4 Å². The highest BCUT2D eigenvalue weighted by Gasteiger charge is 2.23. The zero-order chi connectivity index (χ0) is 20.1. The zero-order valence-electron chi connectivity index (χ0n) is 14.9. The van der Waals surface area contributed by atoms with Crippen molar-refractivity contribution in [3.05, 3.63) is 55.2 Å². The summed E-state index contributed by atoms with van der Waals surface area (Å²) in [6.45, 7) is 1.65. The number of piperidine rings is 1. The molecule has 1 aliphatic heterocycles. The Morgan fingerprint density at radius 2 is 2.04 bits per heavy atom. The van der Waals surface area contributed by atoms with E-state index in [0.29, 0.717) is 28.8 Å². The summed E-state index contributed by atoms with van der Waals surface area (Å²) in [5, 5.41) is 20.3. The van der Waals surface area contributed by atoms with Gasteiger partial charge in [0.1, 0.15) is 0 Å². The molecule has 1 saturated heterocycles. The Kier molecular flexibility index (Phi) is 6.76. The van der Waals surface area contributed by atoms with Gasteiger partial charge in [0, 0.05) is 46.7 Å². The Labute approximate surface area is 174 Å². The van der Waals surface area contributed by atoms with E-state index in [2.05, 4.69) is 26.6 Å². The molecule has 148 valence electrons. The fourth-order valence-electron chi connectivity index (χ4n) is 3.01. The van der Waals surface area contributed by atoms with Crippen LogP contribution in [0, 0.1) is 10.1 Å². The van der Waals surface area contributed by atoms with Gasteiger partial charge in [-0.25, -0.2) is 0 Å². The molecule has 1 aromatic carbocycles. The SMILES string of the molecule is O=C(CN1CCC(NC(=O)c2ccsc2)CC1)Nc1ccc([N+](=O)[O-])cc1Br. The number of nitrogens with one attached hydrogen (secondary N) is 2. The molecule has 3 rings (SSSR count). The van der Waals surface area contributed by atoms with Crippen LogP contribution in [-0.4, -0.2) is 47.3 Å². The maximum Gasteiger partial charge on any atom is 0.270 e. The third-order valence-electron chi connectivity index (χ3n) is 4.51. The van der Waals surface area contributed by atoms with E-state index in [0.717, 1.165) is 12.8 Å². The molecule has 1 aromatic heterocycles. The van der Waals surface area contributed by atoms with Crippen molar-refractivity contribution in [2.45, 2.75) is 18.9 Å². The van der Waals surface area contributed by atoms with Crippen LogP contribution < -0.4 is 10.6 Å². The highest BCUT2D eigenvalue weighted by atomic mass is 79.9. The zero-order valence-corrected chi connectivity index (χ0v) is 17.3. The number of amides is 2. The van der Waals surface area contributed by atoms with Crippen molar-refractivity contribution in [3.8, 4) is 0 Å². The van der Waals surface area contributed by atoms with Crippen molar-refractivity contribution in [2.75, 3.05) is 25.0 Å². The molecule has 0 radical (unpaired) electrons. The van der Waals surface area contributed by atoms with Gasteiger partial charge in [0.05, 0.1) is 17.2 Å². The number of non-ortho nitro benzene ring substituents is 1. The maximum atomic E-state index is 12.3. The summed E-state index contributed by atoms with van der Waals surface area (Å²) in [5.41, 5.74) is 1.13. The summed E-state index contributed by atoms with van der Waals surface area (Å²) in [6, 6.07) is 6.12. The molecule has 0 unspecified atom stereocenters. The van der Waals surface area contributed by atoms with Crippen LogP contribution in [0.15, 0.2) is 39.5 Å². The van der Waals surface area contributed by atoms with E-state index in [1.54, 1.807) is 6.07 Å². The van der Waals surface area contributed by atoms with Gasteiger partial charge in [-0.2, -0.15) is 11.3 Å². The lowest BCUT2D eigenvalue weighted by molar-refractivity contribution is -0.384. The minimum absolute atomic E-state index is 0.0450. The summed E-state index contributed by atoms with van der Waals surface area (Å²) in [6.07, 6.45) is 1.56. The van der Waals surface area contributed by atoms with E-state index < -0.39 is 4.92 Å². The third-order valence-corrected chi connectivity index (χ3v) is 5.85. The number of likely N-dealkylation sites (tertiary alicyclic amines) is 1. The second-order valence-corrected chi connectivity index (χ2v) is 8.14. The van der Waals surface area contributed by atoms with Gasteiger partial charge in [-0.05, 0) is 46.3 Å². The number of carbonyl (C=O) groups excluding carboxylic acids is 2.